The van der Waals surface area contributed by atoms with E-state index in [2.05, 4.69) is 5.32 Å². The van der Waals surface area contributed by atoms with Crippen molar-refractivity contribution in [3.63, 3.8) is 0 Å². The van der Waals surface area contributed by atoms with Crippen LogP contribution in [0, 0.1) is 13.8 Å². The molecule has 0 unspecified atom stereocenters. The Bertz CT molecular complexity index is 649. The van der Waals surface area contributed by atoms with E-state index in [1.54, 1.807) is 25.1 Å². The lowest BCUT2D eigenvalue weighted by molar-refractivity contribution is 0.0938. The smallest absolute Gasteiger partial charge is 0.255 e. The van der Waals surface area contributed by atoms with Crippen LogP contribution in [0.25, 0.3) is 0 Å². The summed E-state index contributed by atoms with van der Waals surface area (Å²) >= 11 is 12.0. The molecule has 1 aromatic heterocycles. The van der Waals surface area contributed by atoms with Gasteiger partial charge in [0.2, 0.25) is 0 Å². The number of carbonyl (C=O) groups excluding carboxylic acids is 1. The van der Waals surface area contributed by atoms with Crippen LogP contribution in [0.5, 0.6) is 0 Å². The molecule has 1 heterocycles. The molecule has 2 aromatic rings. The maximum absolute atomic E-state index is 12.2. The first-order valence-electron chi connectivity index (χ1n) is 6.21. The van der Waals surface area contributed by atoms with Crippen molar-refractivity contribution >= 4 is 29.1 Å². The molecular weight excluding hydrogens is 297 g/mol. The number of aryl methyl sites for hydroxylation is 2. The van der Waals surface area contributed by atoms with Crippen molar-refractivity contribution in [3.05, 3.63) is 57.0 Å². The minimum Gasteiger partial charge on any atom is -0.466 e. The number of furan rings is 1. The Morgan fingerprint density at radius 3 is 2.50 bits per heavy atom. The highest BCUT2D eigenvalue weighted by atomic mass is 35.5. The van der Waals surface area contributed by atoms with Gasteiger partial charge in [-0.2, -0.15) is 0 Å². The highest BCUT2D eigenvalue weighted by Gasteiger charge is 2.17. The lowest BCUT2D eigenvalue weighted by Gasteiger charge is -2.15. The molecule has 2 rings (SSSR count). The van der Waals surface area contributed by atoms with E-state index in [9.17, 15) is 4.79 Å². The van der Waals surface area contributed by atoms with Gasteiger partial charge >= 0.3 is 0 Å². The van der Waals surface area contributed by atoms with Crippen LogP contribution >= 0.6 is 23.2 Å². The summed E-state index contributed by atoms with van der Waals surface area (Å²) in [5.41, 5.74) is 1.36. The Kier molecular flexibility index (Phi) is 4.41. The van der Waals surface area contributed by atoms with Gasteiger partial charge in [-0.1, -0.05) is 29.3 Å². The SMILES string of the molecule is Cc1cc(C(=O)N[C@@H](C)c2ccc(Cl)cc2Cl)c(C)o1. The highest BCUT2D eigenvalue weighted by molar-refractivity contribution is 6.35. The Hall–Kier alpha value is -1.45. The van der Waals surface area contributed by atoms with Crippen molar-refractivity contribution in [2.45, 2.75) is 26.8 Å². The third kappa shape index (κ3) is 3.17. The van der Waals surface area contributed by atoms with E-state index in [4.69, 9.17) is 27.6 Å². The number of nitrogens with one attached hydrogen (secondary N) is 1. The van der Waals surface area contributed by atoms with Crippen molar-refractivity contribution in [1.29, 1.82) is 0 Å². The fraction of sp³-hybridized carbons (Fsp3) is 0.267. The minimum absolute atomic E-state index is 0.183. The van der Waals surface area contributed by atoms with Crippen molar-refractivity contribution in [3.8, 4) is 0 Å². The normalized spacial score (nSPS) is 12.2. The van der Waals surface area contributed by atoms with E-state index in [0.29, 0.717) is 27.1 Å². The van der Waals surface area contributed by atoms with Gasteiger partial charge in [0.1, 0.15) is 11.5 Å². The molecule has 5 heteroatoms. The largest absolute Gasteiger partial charge is 0.466 e. The summed E-state index contributed by atoms with van der Waals surface area (Å²) in [6.45, 7) is 5.44. The quantitative estimate of drug-likeness (QED) is 0.893. The topological polar surface area (TPSA) is 42.2 Å². The van der Waals surface area contributed by atoms with Crippen LogP contribution in [0.15, 0.2) is 28.7 Å². The third-order valence-electron chi connectivity index (χ3n) is 3.06. The van der Waals surface area contributed by atoms with Crippen molar-refractivity contribution in [2.75, 3.05) is 0 Å². The van der Waals surface area contributed by atoms with Crippen LogP contribution in [-0.2, 0) is 0 Å². The number of hydrogen-bond acceptors (Lipinski definition) is 2. The van der Waals surface area contributed by atoms with Crippen molar-refractivity contribution < 1.29 is 9.21 Å². The van der Waals surface area contributed by atoms with E-state index in [1.165, 1.54) is 0 Å². The van der Waals surface area contributed by atoms with Gasteiger partial charge in [-0.3, -0.25) is 4.79 Å². The van der Waals surface area contributed by atoms with E-state index < -0.39 is 0 Å². The first-order chi connectivity index (χ1) is 9.38. The molecule has 1 amide bonds. The van der Waals surface area contributed by atoms with E-state index >= 15 is 0 Å². The van der Waals surface area contributed by atoms with Crippen LogP contribution in [-0.4, -0.2) is 5.91 Å². The van der Waals surface area contributed by atoms with E-state index in [-0.39, 0.29) is 11.9 Å². The summed E-state index contributed by atoms with van der Waals surface area (Å²) in [5.74, 6) is 1.14. The van der Waals surface area contributed by atoms with Crippen molar-refractivity contribution in [2.24, 2.45) is 0 Å². The number of carbonyl (C=O) groups is 1. The maximum Gasteiger partial charge on any atom is 0.255 e. The second-order valence-corrected chi connectivity index (χ2v) is 5.53. The average molecular weight is 312 g/mol. The number of amides is 1. The maximum atomic E-state index is 12.2. The summed E-state index contributed by atoms with van der Waals surface area (Å²) in [5, 5.41) is 4.00. The predicted octanol–water partition coefficient (Wildman–Crippen LogP) is 4.69. The zero-order valence-electron chi connectivity index (χ0n) is 11.5. The number of benzene rings is 1. The van der Waals surface area contributed by atoms with Gasteiger partial charge in [-0.05, 0) is 44.5 Å². The van der Waals surface area contributed by atoms with Gasteiger partial charge in [0, 0.05) is 10.0 Å². The number of halogens is 2. The Morgan fingerprint density at radius 2 is 1.95 bits per heavy atom. The van der Waals surface area contributed by atoms with E-state index in [1.807, 2.05) is 19.9 Å². The van der Waals surface area contributed by atoms with Crippen LogP contribution in [0.1, 0.15) is 40.4 Å². The molecular formula is C15H15Cl2NO2. The van der Waals surface area contributed by atoms with Gasteiger partial charge in [-0.25, -0.2) is 0 Å². The van der Waals surface area contributed by atoms with Gasteiger partial charge in [-0.15, -0.1) is 0 Å². The predicted molar refractivity (Wildman–Crippen MR) is 80.5 cm³/mol. The molecule has 0 radical (unpaired) electrons. The molecule has 1 aromatic carbocycles. The fourth-order valence-corrected chi connectivity index (χ4v) is 2.63. The number of hydrogen-bond donors (Lipinski definition) is 1. The molecule has 0 aliphatic carbocycles. The molecule has 1 atom stereocenters. The first kappa shape index (κ1) is 14.9. The third-order valence-corrected chi connectivity index (χ3v) is 3.62. The molecule has 0 aliphatic rings. The van der Waals surface area contributed by atoms with Crippen LogP contribution < -0.4 is 5.32 Å². The molecule has 20 heavy (non-hydrogen) atoms. The fourth-order valence-electron chi connectivity index (χ4n) is 2.06. The summed E-state index contributed by atoms with van der Waals surface area (Å²) in [7, 11) is 0. The molecule has 1 N–H and O–H groups in total. The Labute approximate surface area is 127 Å². The molecule has 0 saturated carbocycles. The lowest BCUT2D eigenvalue weighted by atomic mass is 10.1. The molecule has 0 fully saturated rings. The zero-order valence-corrected chi connectivity index (χ0v) is 13.0. The standard InChI is InChI=1S/C15H15Cl2NO2/c1-8-6-13(10(3)20-8)15(19)18-9(2)12-5-4-11(16)7-14(12)17/h4-7,9H,1-3H3,(H,18,19)/t9-/m0/s1. The summed E-state index contributed by atoms with van der Waals surface area (Å²) in [6.07, 6.45) is 0. The van der Waals surface area contributed by atoms with Crippen molar-refractivity contribution in [1.82, 2.24) is 5.32 Å². The van der Waals surface area contributed by atoms with Gasteiger partial charge in [0.05, 0.1) is 11.6 Å². The minimum atomic E-state index is -0.220. The number of rotatable bonds is 3. The molecule has 0 aliphatic heterocycles. The summed E-state index contributed by atoms with van der Waals surface area (Å²) < 4.78 is 5.36. The van der Waals surface area contributed by atoms with Gasteiger partial charge in [0.25, 0.3) is 5.91 Å². The van der Waals surface area contributed by atoms with Crippen LogP contribution in [0.4, 0.5) is 0 Å². The molecule has 0 bridgehead atoms. The van der Waals surface area contributed by atoms with Crippen LogP contribution in [0.3, 0.4) is 0 Å². The molecule has 0 saturated heterocycles. The summed E-state index contributed by atoms with van der Waals surface area (Å²) in [6, 6.07) is 6.72. The van der Waals surface area contributed by atoms with E-state index in [0.717, 1.165) is 5.56 Å². The highest BCUT2D eigenvalue weighted by Crippen LogP contribution is 2.26. The first-order valence-corrected chi connectivity index (χ1v) is 6.97. The molecule has 3 nitrogen and oxygen atoms in total. The zero-order chi connectivity index (χ0) is 14.9. The molecule has 106 valence electrons. The van der Waals surface area contributed by atoms with Gasteiger partial charge < -0.3 is 9.73 Å². The Balaban J connectivity index is 2.17. The monoisotopic (exact) mass is 311 g/mol. The van der Waals surface area contributed by atoms with Gasteiger partial charge in [0.15, 0.2) is 0 Å². The van der Waals surface area contributed by atoms with Crippen LogP contribution in [0.2, 0.25) is 10.0 Å². The second-order valence-electron chi connectivity index (χ2n) is 4.69. The lowest BCUT2D eigenvalue weighted by Crippen LogP contribution is -2.27. The Morgan fingerprint density at radius 1 is 1.25 bits per heavy atom. The molecule has 0 spiro atoms. The average Bonchev–Trinajstić information content (AvgIpc) is 2.68. The summed E-state index contributed by atoms with van der Waals surface area (Å²) in [4.78, 5) is 12.2. The second kappa shape index (κ2) is 5.90.